The molecule has 5 rings (SSSR count). The Bertz CT molecular complexity index is 964. The lowest BCUT2D eigenvalue weighted by Crippen LogP contribution is -2.46. The van der Waals surface area contributed by atoms with E-state index in [-0.39, 0.29) is 12.6 Å². The zero-order valence-electron chi connectivity index (χ0n) is 18.7. The first kappa shape index (κ1) is 21.6. The predicted molar refractivity (Wildman–Crippen MR) is 118 cm³/mol. The van der Waals surface area contributed by atoms with Crippen molar-refractivity contribution in [3.8, 4) is 0 Å². The fraction of sp³-hybridized carbons (Fsp3) is 0.520. The summed E-state index contributed by atoms with van der Waals surface area (Å²) in [7, 11) is 0. The number of aromatic amines is 1. The van der Waals surface area contributed by atoms with Gasteiger partial charge in [-0.2, -0.15) is 0 Å². The summed E-state index contributed by atoms with van der Waals surface area (Å²) in [4.78, 5) is 30.9. The van der Waals surface area contributed by atoms with Crippen molar-refractivity contribution in [2.24, 2.45) is 5.92 Å². The van der Waals surface area contributed by atoms with Gasteiger partial charge in [0, 0.05) is 24.8 Å². The molecule has 6 nitrogen and oxygen atoms in total. The van der Waals surface area contributed by atoms with Crippen molar-refractivity contribution >= 4 is 11.9 Å². The molecule has 0 spiro atoms. The maximum Gasteiger partial charge on any atom is 0.355 e. The average molecular weight is 425 g/mol. The highest BCUT2D eigenvalue weighted by Crippen LogP contribution is 2.34. The van der Waals surface area contributed by atoms with Crippen molar-refractivity contribution in [3.63, 3.8) is 0 Å². The first-order valence-electron chi connectivity index (χ1n) is 11.4. The number of ether oxygens (including phenoxy) is 2. The predicted octanol–water partition coefficient (Wildman–Crippen LogP) is 4.06. The Labute approximate surface area is 183 Å². The molecule has 0 unspecified atom stereocenters. The number of esters is 2. The van der Waals surface area contributed by atoms with E-state index in [9.17, 15) is 9.59 Å². The molecule has 1 aliphatic carbocycles. The Morgan fingerprint density at radius 3 is 2.42 bits per heavy atom. The molecule has 1 N–H and O–H groups in total. The molecule has 3 heterocycles. The lowest BCUT2D eigenvalue weighted by atomic mass is 9.80. The second-order valence-corrected chi connectivity index (χ2v) is 8.62. The molecule has 0 amide bonds. The van der Waals surface area contributed by atoms with Crippen LogP contribution in [0, 0.1) is 12.8 Å². The Balaban J connectivity index is 1.64. The van der Waals surface area contributed by atoms with Gasteiger partial charge in [0.2, 0.25) is 0 Å². The smallest absolute Gasteiger partial charge is 0.355 e. The molecule has 31 heavy (non-hydrogen) atoms. The molecular formula is C25H32N2O4. The highest BCUT2D eigenvalue weighted by molar-refractivity contribution is 5.98. The van der Waals surface area contributed by atoms with Gasteiger partial charge >= 0.3 is 11.9 Å². The van der Waals surface area contributed by atoms with Crippen molar-refractivity contribution < 1.29 is 19.1 Å². The van der Waals surface area contributed by atoms with Crippen LogP contribution < -0.4 is 0 Å². The highest BCUT2D eigenvalue weighted by Gasteiger charge is 2.34. The lowest BCUT2D eigenvalue weighted by Gasteiger charge is -2.42. The van der Waals surface area contributed by atoms with E-state index in [2.05, 4.69) is 34.1 Å². The van der Waals surface area contributed by atoms with Gasteiger partial charge in [0.25, 0.3) is 0 Å². The van der Waals surface area contributed by atoms with E-state index in [4.69, 9.17) is 9.47 Å². The fourth-order valence-electron chi connectivity index (χ4n) is 5.16. The minimum absolute atomic E-state index is 0.288. The molecule has 0 radical (unpaired) electrons. The van der Waals surface area contributed by atoms with Crippen molar-refractivity contribution in [2.45, 2.75) is 59.0 Å². The van der Waals surface area contributed by atoms with E-state index < -0.39 is 5.97 Å². The van der Waals surface area contributed by atoms with Gasteiger partial charge in [0.1, 0.15) is 5.69 Å². The van der Waals surface area contributed by atoms with Gasteiger partial charge in [0.15, 0.2) is 0 Å². The number of benzene rings is 1. The van der Waals surface area contributed by atoms with Crippen LogP contribution in [0.15, 0.2) is 24.3 Å². The largest absolute Gasteiger partial charge is 0.462 e. The second-order valence-electron chi connectivity index (χ2n) is 8.62. The molecule has 1 fully saturated rings. The fourth-order valence-corrected chi connectivity index (χ4v) is 5.16. The Morgan fingerprint density at radius 1 is 1.03 bits per heavy atom. The van der Waals surface area contributed by atoms with Gasteiger partial charge in [-0.05, 0) is 69.1 Å². The molecule has 3 aliphatic rings. The van der Waals surface area contributed by atoms with Crippen LogP contribution >= 0.6 is 0 Å². The SMILES string of the molecule is CCOC(=O)c1[nH]c(CN2C[C@@H]3CC[C@H]2Cc2ccccc2C3)c(C(=O)OCC)c1C. The maximum absolute atomic E-state index is 12.8. The van der Waals surface area contributed by atoms with Gasteiger partial charge in [-0.1, -0.05) is 24.3 Å². The number of H-pyrrole nitrogens is 1. The summed E-state index contributed by atoms with van der Waals surface area (Å²) in [5, 5.41) is 0. The van der Waals surface area contributed by atoms with Crippen LogP contribution in [0.25, 0.3) is 0 Å². The summed E-state index contributed by atoms with van der Waals surface area (Å²) >= 11 is 0. The number of hydrogen-bond donors (Lipinski definition) is 1. The van der Waals surface area contributed by atoms with Crippen molar-refractivity contribution in [3.05, 3.63) is 57.9 Å². The molecule has 2 aromatic rings. The van der Waals surface area contributed by atoms with E-state index >= 15 is 0 Å². The third-order valence-electron chi connectivity index (χ3n) is 6.65. The monoisotopic (exact) mass is 424 g/mol. The number of nitrogens with zero attached hydrogens (tertiary/aromatic N) is 1. The Hall–Kier alpha value is -2.60. The first-order chi connectivity index (χ1) is 15.0. The summed E-state index contributed by atoms with van der Waals surface area (Å²) < 4.78 is 10.5. The number of hydrogen-bond acceptors (Lipinski definition) is 5. The number of rotatable bonds is 6. The minimum Gasteiger partial charge on any atom is -0.462 e. The molecule has 2 atom stereocenters. The number of fused-ring (bicyclic) bond motifs is 2. The van der Waals surface area contributed by atoms with Gasteiger partial charge in [-0.25, -0.2) is 9.59 Å². The number of nitrogens with one attached hydrogen (secondary N) is 1. The zero-order chi connectivity index (χ0) is 22.0. The molecule has 2 bridgehead atoms. The first-order valence-corrected chi connectivity index (χ1v) is 11.4. The molecule has 166 valence electrons. The number of aromatic nitrogens is 1. The van der Waals surface area contributed by atoms with E-state index in [1.54, 1.807) is 20.8 Å². The van der Waals surface area contributed by atoms with E-state index in [0.717, 1.165) is 31.5 Å². The Morgan fingerprint density at radius 2 is 1.71 bits per heavy atom. The van der Waals surface area contributed by atoms with Crippen LogP contribution in [0.5, 0.6) is 0 Å². The van der Waals surface area contributed by atoms with Crippen LogP contribution in [0.3, 0.4) is 0 Å². The van der Waals surface area contributed by atoms with Crippen molar-refractivity contribution in [1.29, 1.82) is 0 Å². The summed E-state index contributed by atoms with van der Waals surface area (Å²) in [6.45, 7) is 7.53. The molecule has 0 saturated carbocycles. The quantitative estimate of drug-likeness (QED) is 0.708. The molecular weight excluding hydrogens is 392 g/mol. The van der Waals surface area contributed by atoms with Crippen molar-refractivity contribution in [1.82, 2.24) is 9.88 Å². The van der Waals surface area contributed by atoms with Crippen LogP contribution in [0.2, 0.25) is 0 Å². The summed E-state index contributed by atoms with van der Waals surface area (Å²) in [5.41, 5.74) is 5.09. The van der Waals surface area contributed by atoms with Gasteiger partial charge in [-0.15, -0.1) is 0 Å². The summed E-state index contributed by atoms with van der Waals surface area (Å²) in [5.74, 6) is -0.214. The molecule has 1 aromatic heterocycles. The number of carbonyl (C=O) groups excluding carboxylic acids is 2. The zero-order valence-corrected chi connectivity index (χ0v) is 18.7. The summed E-state index contributed by atoms with van der Waals surface area (Å²) in [6, 6.07) is 9.19. The second kappa shape index (κ2) is 9.27. The average Bonchev–Trinajstić information content (AvgIpc) is 3.05. The maximum atomic E-state index is 12.8. The number of piperidine rings is 1. The van der Waals surface area contributed by atoms with E-state index in [1.165, 1.54) is 17.5 Å². The van der Waals surface area contributed by atoms with E-state index in [0.29, 0.717) is 41.9 Å². The topological polar surface area (TPSA) is 71.6 Å². The van der Waals surface area contributed by atoms with Crippen molar-refractivity contribution in [2.75, 3.05) is 19.8 Å². The Kier molecular flexibility index (Phi) is 6.46. The van der Waals surface area contributed by atoms with Gasteiger partial charge in [0.05, 0.1) is 18.8 Å². The van der Waals surface area contributed by atoms with Crippen LogP contribution in [0.1, 0.15) is 69.9 Å². The highest BCUT2D eigenvalue weighted by atomic mass is 16.5. The minimum atomic E-state index is -0.431. The molecule has 2 aliphatic heterocycles. The van der Waals surface area contributed by atoms with Crippen LogP contribution in [-0.2, 0) is 28.9 Å². The standard InChI is InChI=1S/C25H32N2O4/c1-4-30-24(28)22-16(3)23(25(29)31-5-2)26-21(22)15-27-14-17-10-11-20(27)13-19-9-7-6-8-18(19)12-17/h6-9,17,20,26H,4-5,10-15H2,1-3H3/t17-,20+/m1/s1. The third-order valence-corrected chi connectivity index (χ3v) is 6.65. The van der Waals surface area contributed by atoms with Crippen LogP contribution in [-0.4, -0.2) is 47.6 Å². The summed E-state index contributed by atoms with van der Waals surface area (Å²) in [6.07, 6.45) is 4.50. The third kappa shape index (κ3) is 4.40. The molecule has 6 heteroatoms. The van der Waals surface area contributed by atoms with E-state index in [1.807, 2.05) is 0 Å². The normalized spacial score (nSPS) is 20.6. The lowest BCUT2D eigenvalue weighted by molar-refractivity contribution is 0.0513. The van der Waals surface area contributed by atoms with Gasteiger partial charge in [-0.3, -0.25) is 4.90 Å². The van der Waals surface area contributed by atoms with Gasteiger partial charge < -0.3 is 14.5 Å². The number of carbonyl (C=O) groups is 2. The molecule has 1 saturated heterocycles. The molecule has 1 aromatic carbocycles. The van der Waals surface area contributed by atoms with Crippen LogP contribution in [0.4, 0.5) is 0 Å².